The van der Waals surface area contributed by atoms with Crippen LogP contribution in [0, 0.1) is 12.8 Å². The molecule has 3 heteroatoms. The first-order chi connectivity index (χ1) is 8.60. The molecule has 1 atom stereocenters. The van der Waals surface area contributed by atoms with E-state index in [1.54, 1.807) is 0 Å². The number of rotatable bonds is 5. The van der Waals surface area contributed by atoms with E-state index in [2.05, 4.69) is 44.4 Å². The number of hydrogen-bond donors (Lipinski definition) is 2. The molecule has 0 aliphatic carbocycles. The molecule has 0 spiro atoms. The van der Waals surface area contributed by atoms with Crippen LogP contribution in [0.3, 0.4) is 0 Å². The summed E-state index contributed by atoms with van der Waals surface area (Å²) in [6, 6.07) is 8.41. The van der Waals surface area contributed by atoms with Crippen molar-refractivity contribution in [2.45, 2.75) is 39.7 Å². The van der Waals surface area contributed by atoms with Gasteiger partial charge in [-0.05, 0) is 43.9 Å². The van der Waals surface area contributed by atoms with Gasteiger partial charge in [0.1, 0.15) is 11.3 Å². The van der Waals surface area contributed by atoms with E-state index in [9.17, 15) is 0 Å². The molecular weight excluding hydrogens is 224 g/mol. The third kappa shape index (κ3) is 2.92. The molecule has 0 amide bonds. The summed E-state index contributed by atoms with van der Waals surface area (Å²) >= 11 is 0. The first-order valence-electron chi connectivity index (χ1n) is 6.56. The van der Waals surface area contributed by atoms with Gasteiger partial charge < -0.3 is 4.42 Å². The van der Waals surface area contributed by atoms with Gasteiger partial charge in [0.05, 0.1) is 6.04 Å². The molecule has 1 aromatic heterocycles. The van der Waals surface area contributed by atoms with Crippen molar-refractivity contribution in [3.8, 4) is 0 Å². The molecule has 1 unspecified atom stereocenters. The molecule has 3 N–H and O–H groups in total. The predicted molar refractivity (Wildman–Crippen MR) is 75.1 cm³/mol. The number of benzene rings is 1. The highest BCUT2D eigenvalue weighted by molar-refractivity contribution is 5.78. The maximum absolute atomic E-state index is 5.87. The van der Waals surface area contributed by atoms with Gasteiger partial charge in [0.15, 0.2) is 0 Å². The van der Waals surface area contributed by atoms with Crippen LogP contribution in [0.2, 0.25) is 0 Å². The summed E-state index contributed by atoms with van der Waals surface area (Å²) in [6.45, 7) is 6.52. The van der Waals surface area contributed by atoms with E-state index in [1.807, 2.05) is 6.07 Å². The zero-order valence-corrected chi connectivity index (χ0v) is 11.4. The first kappa shape index (κ1) is 13.1. The standard InChI is InChI=1S/C15H22N2O/c1-10(2)4-6-13(17-16)15-9-12-8-11(3)5-7-14(12)18-15/h5,7-10,13,17H,4,6,16H2,1-3H3. The molecule has 0 fully saturated rings. The van der Waals surface area contributed by atoms with Crippen LogP contribution in [-0.4, -0.2) is 0 Å². The molecule has 18 heavy (non-hydrogen) atoms. The van der Waals surface area contributed by atoms with Gasteiger partial charge in [0, 0.05) is 5.39 Å². The number of aryl methyl sites for hydroxylation is 1. The quantitative estimate of drug-likeness (QED) is 0.625. The molecule has 1 heterocycles. The Morgan fingerprint density at radius 2 is 2.00 bits per heavy atom. The van der Waals surface area contributed by atoms with E-state index >= 15 is 0 Å². The van der Waals surface area contributed by atoms with Crippen LogP contribution in [0.4, 0.5) is 0 Å². The van der Waals surface area contributed by atoms with E-state index in [1.165, 1.54) is 5.56 Å². The smallest absolute Gasteiger partial charge is 0.134 e. The van der Waals surface area contributed by atoms with Crippen molar-refractivity contribution in [2.75, 3.05) is 0 Å². The minimum atomic E-state index is 0.0973. The third-order valence-corrected chi connectivity index (χ3v) is 3.27. The molecule has 0 bridgehead atoms. The van der Waals surface area contributed by atoms with Crippen molar-refractivity contribution in [1.82, 2.24) is 5.43 Å². The Hall–Kier alpha value is -1.32. The average molecular weight is 246 g/mol. The minimum Gasteiger partial charge on any atom is -0.459 e. The van der Waals surface area contributed by atoms with E-state index < -0.39 is 0 Å². The van der Waals surface area contributed by atoms with E-state index in [0.717, 1.165) is 29.6 Å². The maximum atomic E-state index is 5.87. The maximum Gasteiger partial charge on any atom is 0.134 e. The fourth-order valence-electron chi connectivity index (χ4n) is 2.16. The monoisotopic (exact) mass is 246 g/mol. The number of hydrogen-bond acceptors (Lipinski definition) is 3. The van der Waals surface area contributed by atoms with Crippen LogP contribution >= 0.6 is 0 Å². The Bertz CT molecular complexity index is 516. The number of nitrogens with two attached hydrogens (primary N) is 1. The molecule has 1 aromatic carbocycles. The van der Waals surface area contributed by atoms with Crippen molar-refractivity contribution >= 4 is 11.0 Å². The number of furan rings is 1. The van der Waals surface area contributed by atoms with Crippen LogP contribution in [0.5, 0.6) is 0 Å². The molecule has 3 nitrogen and oxygen atoms in total. The first-order valence-corrected chi connectivity index (χ1v) is 6.56. The third-order valence-electron chi connectivity index (χ3n) is 3.27. The van der Waals surface area contributed by atoms with E-state index in [-0.39, 0.29) is 6.04 Å². The van der Waals surface area contributed by atoms with Crippen molar-refractivity contribution in [1.29, 1.82) is 0 Å². The highest BCUT2D eigenvalue weighted by Gasteiger charge is 2.15. The molecule has 0 saturated carbocycles. The average Bonchev–Trinajstić information content (AvgIpc) is 2.72. The zero-order chi connectivity index (χ0) is 13.1. The Morgan fingerprint density at radius 1 is 1.22 bits per heavy atom. The summed E-state index contributed by atoms with van der Waals surface area (Å²) in [5, 5.41) is 1.15. The lowest BCUT2D eigenvalue weighted by Crippen LogP contribution is -2.27. The summed E-state index contributed by atoms with van der Waals surface area (Å²) in [6.07, 6.45) is 2.12. The van der Waals surface area contributed by atoms with Gasteiger partial charge in [0.2, 0.25) is 0 Å². The number of nitrogens with one attached hydrogen (secondary N) is 1. The van der Waals surface area contributed by atoms with E-state index in [4.69, 9.17) is 10.3 Å². The van der Waals surface area contributed by atoms with Crippen molar-refractivity contribution in [3.05, 3.63) is 35.6 Å². The Kier molecular flexibility index (Phi) is 4.04. The van der Waals surface area contributed by atoms with Crippen molar-refractivity contribution in [3.63, 3.8) is 0 Å². The second-order valence-corrected chi connectivity index (χ2v) is 5.38. The summed E-state index contributed by atoms with van der Waals surface area (Å²) in [5.74, 6) is 7.24. The second-order valence-electron chi connectivity index (χ2n) is 5.38. The van der Waals surface area contributed by atoms with Crippen LogP contribution in [0.15, 0.2) is 28.7 Å². The fraction of sp³-hybridized carbons (Fsp3) is 0.467. The minimum absolute atomic E-state index is 0.0973. The SMILES string of the molecule is Cc1ccc2oc(C(CCC(C)C)NN)cc2c1. The lowest BCUT2D eigenvalue weighted by Gasteiger charge is -2.14. The normalized spacial score (nSPS) is 13.4. The Morgan fingerprint density at radius 3 is 2.67 bits per heavy atom. The van der Waals surface area contributed by atoms with Crippen LogP contribution in [-0.2, 0) is 0 Å². The second kappa shape index (κ2) is 5.55. The summed E-state index contributed by atoms with van der Waals surface area (Å²) in [4.78, 5) is 0. The fourth-order valence-corrected chi connectivity index (χ4v) is 2.16. The van der Waals surface area contributed by atoms with Gasteiger partial charge in [-0.15, -0.1) is 0 Å². The molecule has 0 saturated heterocycles. The zero-order valence-electron chi connectivity index (χ0n) is 11.4. The topological polar surface area (TPSA) is 51.2 Å². The molecule has 2 rings (SSSR count). The summed E-state index contributed by atoms with van der Waals surface area (Å²) in [5.41, 5.74) is 5.03. The lowest BCUT2D eigenvalue weighted by molar-refractivity contribution is 0.387. The lowest BCUT2D eigenvalue weighted by atomic mass is 10.0. The largest absolute Gasteiger partial charge is 0.459 e. The predicted octanol–water partition coefficient (Wildman–Crippen LogP) is 3.68. The molecule has 98 valence electrons. The van der Waals surface area contributed by atoms with Crippen LogP contribution in [0.25, 0.3) is 11.0 Å². The van der Waals surface area contributed by atoms with Gasteiger partial charge in [-0.1, -0.05) is 25.5 Å². The molecule has 2 aromatic rings. The van der Waals surface area contributed by atoms with Gasteiger partial charge >= 0.3 is 0 Å². The highest BCUT2D eigenvalue weighted by Crippen LogP contribution is 2.27. The van der Waals surface area contributed by atoms with Gasteiger partial charge in [-0.3, -0.25) is 5.84 Å². The highest BCUT2D eigenvalue weighted by atomic mass is 16.3. The van der Waals surface area contributed by atoms with Gasteiger partial charge in [-0.25, -0.2) is 5.43 Å². The summed E-state index contributed by atoms with van der Waals surface area (Å²) < 4.78 is 5.87. The Labute approximate surface area is 108 Å². The Balaban J connectivity index is 2.22. The summed E-state index contributed by atoms with van der Waals surface area (Å²) in [7, 11) is 0. The van der Waals surface area contributed by atoms with Gasteiger partial charge in [0.25, 0.3) is 0 Å². The van der Waals surface area contributed by atoms with Crippen LogP contribution in [0.1, 0.15) is 44.1 Å². The van der Waals surface area contributed by atoms with Crippen molar-refractivity contribution < 1.29 is 4.42 Å². The van der Waals surface area contributed by atoms with Crippen LogP contribution < -0.4 is 11.3 Å². The molecule has 0 aliphatic rings. The molecule has 0 aliphatic heterocycles. The van der Waals surface area contributed by atoms with Crippen molar-refractivity contribution in [2.24, 2.45) is 11.8 Å². The molecular formula is C15H22N2O. The van der Waals surface area contributed by atoms with E-state index in [0.29, 0.717) is 5.92 Å². The number of hydrazine groups is 1. The molecule has 0 radical (unpaired) electrons. The van der Waals surface area contributed by atoms with Gasteiger partial charge in [-0.2, -0.15) is 0 Å². The number of fused-ring (bicyclic) bond motifs is 1.